The van der Waals surface area contributed by atoms with Crippen molar-refractivity contribution in [1.82, 2.24) is 4.98 Å². The highest BCUT2D eigenvalue weighted by Gasteiger charge is 2.25. The lowest BCUT2D eigenvalue weighted by atomic mass is 10.1. The summed E-state index contributed by atoms with van der Waals surface area (Å²) in [6.07, 6.45) is 1.83. The smallest absolute Gasteiger partial charge is 0.131 e. The average molecular weight is 242 g/mol. The van der Waals surface area contributed by atoms with Gasteiger partial charge in [0.05, 0.1) is 0 Å². The molecule has 13 heavy (non-hydrogen) atoms. The molecule has 0 bridgehead atoms. The zero-order chi connectivity index (χ0) is 9.42. The minimum Gasteiger partial charge on any atom is -0.353 e. The summed E-state index contributed by atoms with van der Waals surface area (Å²) in [5.41, 5.74) is 6.90. The lowest BCUT2D eigenvalue weighted by molar-refractivity contribution is 0.513. The number of hydrogen-bond donors (Lipinski definition) is 1. The zero-order valence-electron chi connectivity index (χ0n) is 7.50. The Bertz CT molecular complexity index is 321. The maximum absolute atomic E-state index is 5.71. The molecule has 1 aliphatic rings. The van der Waals surface area contributed by atoms with Gasteiger partial charge in [0.2, 0.25) is 0 Å². The SMILES string of the molecule is Cc1cc(Br)cnc1N1CC(N)C1. The van der Waals surface area contributed by atoms with E-state index < -0.39 is 0 Å². The van der Waals surface area contributed by atoms with E-state index in [0.717, 1.165) is 23.4 Å². The zero-order valence-corrected chi connectivity index (χ0v) is 9.08. The summed E-state index contributed by atoms with van der Waals surface area (Å²) in [5, 5.41) is 0. The van der Waals surface area contributed by atoms with Gasteiger partial charge >= 0.3 is 0 Å². The Morgan fingerprint density at radius 2 is 2.31 bits per heavy atom. The van der Waals surface area contributed by atoms with E-state index in [1.165, 1.54) is 5.56 Å². The Labute approximate surface area is 86.1 Å². The number of rotatable bonds is 1. The van der Waals surface area contributed by atoms with E-state index in [2.05, 4.69) is 38.8 Å². The number of pyridine rings is 1. The van der Waals surface area contributed by atoms with Gasteiger partial charge in [0, 0.05) is 29.8 Å². The van der Waals surface area contributed by atoms with Gasteiger partial charge in [-0.15, -0.1) is 0 Å². The minimum absolute atomic E-state index is 0.324. The number of nitrogens with zero attached hydrogens (tertiary/aromatic N) is 2. The van der Waals surface area contributed by atoms with E-state index in [9.17, 15) is 0 Å². The summed E-state index contributed by atoms with van der Waals surface area (Å²) < 4.78 is 1.03. The van der Waals surface area contributed by atoms with Crippen LogP contribution in [0.1, 0.15) is 5.56 Å². The van der Waals surface area contributed by atoms with Crippen molar-refractivity contribution in [2.75, 3.05) is 18.0 Å². The third-order valence-corrected chi connectivity index (χ3v) is 2.66. The molecule has 0 aromatic carbocycles. The van der Waals surface area contributed by atoms with E-state index in [0.29, 0.717) is 6.04 Å². The highest BCUT2D eigenvalue weighted by atomic mass is 79.9. The van der Waals surface area contributed by atoms with Crippen LogP contribution in [-0.2, 0) is 0 Å². The first-order valence-electron chi connectivity index (χ1n) is 4.29. The predicted molar refractivity (Wildman–Crippen MR) is 56.9 cm³/mol. The van der Waals surface area contributed by atoms with Crippen molar-refractivity contribution in [3.8, 4) is 0 Å². The summed E-state index contributed by atoms with van der Waals surface area (Å²) in [7, 11) is 0. The van der Waals surface area contributed by atoms with Crippen molar-refractivity contribution in [2.45, 2.75) is 13.0 Å². The van der Waals surface area contributed by atoms with Crippen LogP contribution >= 0.6 is 15.9 Å². The lowest BCUT2D eigenvalue weighted by Crippen LogP contribution is -2.56. The highest BCUT2D eigenvalue weighted by Crippen LogP contribution is 2.23. The van der Waals surface area contributed by atoms with Gasteiger partial charge in [-0.05, 0) is 34.5 Å². The van der Waals surface area contributed by atoms with Crippen LogP contribution in [0.4, 0.5) is 5.82 Å². The Kier molecular flexibility index (Phi) is 2.26. The molecule has 1 aliphatic heterocycles. The molecule has 0 amide bonds. The predicted octanol–water partition coefficient (Wildman–Crippen LogP) is 1.30. The second-order valence-electron chi connectivity index (χ2n) is 3.46. The summed E-state index contributed by atoms with van der Waals surface area (Å²) in [6, 6.07) is 2.40. The monoisotopic (exact) mass is 241 g/mol. The number of hydrogen-bond acceptors (Lipinski definition) is 3. The fourth-order valence-electron chi connectivity index (χ4n) is 1.55. The average Bonchev–Trinajstić information content (AvgIpc) is 2.00. The molecule has 70 valence electrons. The van der Waals surface area contributed by atoms with Crippen LogP contribution in [0.3, 0.4) is 0 Å². The quantitative estimate of drug-likeness (QED) is 0.807. The topological polar surface area (TPSA) is 42.2 Å². The van der Waals surface area contributed by atoms with Crippen molar-refractivity contribution in [3.05, 3.63) is 22.3 Å². The first-order valence-corrected chi connectivity index (χ1v) is 5.09. The van der Waals surface area contributed by atoms with Crippen LogP contribution in [0.2, 0.25) is 0 Å². The van der Waals surface area contributed by atoms with Gasteiger partial charge in [-0.3, -0.25) is 0 Å². The molecule has 1 saturated heterocycles. The van der Waals surface area contributed by atoms with Crippen molar-refractivity contribution in [3.63, 3.8) is 0 Å². The highest BCUT2D eigenvalue weighted by molar-refractivity contribution is 9.10. The van der Waals surface area contributed by atoms with Crippen LogP contribution in [0, 0.1) is 6.92 Å². The summed E-state index contributed by atoms with van der Waals surface area (Å²) in [6.45, 7) is 3.92. The summed E-state index contributed by atoms with van der Waals surface area (Å²) in [4.78, 5) is 6.56. The number of aryl methyl sites for hydroxylation is 1. The first kappa shape index (κ1) is 8.97. The van der Waals surface area contributed by atoms with Crippen molar-refractivity contribution in [1.29, 1.82) is 0 Å². The molecule has 1 fully saturated rings. The molecular formula is C9H12BrN3. The molecule has 0 saturated carbocycles. The van der Waals surface area contributed by atoms with Gasteiger partial charge in [-0.25, -0.2) is 4.98 Å². The number of anilines is 1. The maximum atomic E-state index is 5.71. The molecular weight excluding hydrogens is 230 g/mol. The minimum atomic E-state index is 0.324. The Morgan fingerprint density at radius 3 is 2.85 bits per heavy atom. The van der Waals surface area contributed by atoms with Crippen LogP contribution in [0.15, 0.2) is 16.7 Å². The second kappa shape index (κ2) is 3.27. The van der Waals surface area contributed by atoms with E-state index in [-0.39, 0.29) is 0 Å². The molecule has 0 spiro atoms. The summed E-state index contributed by atoms with van der Waals surface area (Å²) in [5.74, 6) is 1.06. The van der Waals surface area contributed by atoms with Gasteiger partial charge in [0.15, 0.2) is 0 Å². The van der Waals surface area contributed by atoms with E-state index in [1.807, 2.05) is 6.20 Å². The van der Waals surface area contributed by atoms with Crippen molar-refractivity contribution < 1.29 is 0 Å². The number of nitrogens with two attached hydrogens (primary N) is 1. The van der Waals surface area contributed by atoms with Gasteiger partial charge in [-0.2, -0.15) is 0 Å². The van der Waals surface area contributed by atoms with E-state index in [4.69, 9.17) is 5.73 Å². The van der Waals surface area contributed by atoms with Gasteiger partial charge in [0.1, 0.15) is 5.82 Å². The molecule has 4 heteroatoms. The van der Waals surface area contributed by atoms with Gasteiger partial charge < -0.3 is 10.6 Å². The van der Waals surface area contributed by atoms with Crippen LogP contribution in [0.5, 0.6) is 0 Å². The third kappa shape index (κ3) is 1.69. The molecule has 0 aliphatic carbocycles. The van der Waals surface area contributed by atoms with Crippen molar-refractivity contribution in [2.24, 2.45) is 5.73 Å². The van der Waals surface area contributed by atoms with Crippen LogP contribution in [-0.4, -0.2) is 24.1 Å². The number of aromatic nitrogens is 1. The largest absolute Gasteiger partial charge is 0.353 e. The number of halogens is 1. The third-order valence-electron chi connectivity index (χ3n) is 2.23. The molecule has 2 N–H and O–H groups in total. The Balaban J connectivity index is 2.21. The Hall–Kier alpha value is -0.610. The molecule has 1 aromatic rings. The molecule has 3 nitrogen and oxygen atoms in total. The second-order valence-corrected chi connectivity index (χ2v) is 4.37. The van der Waals surface area contributed by atoms with E-state index in [1.54, 1.807) is 0 Å². The lowest BCUT2D eigenvalue weighted by Gasteiger charge is -2.38. The van der Waals surface area contributed by atoms with Crippen LogP contribution in [0.25, 0.3) is 0 Å². The van der Waals surface area contributed by atoms with Crippen LogP contribution < -0.4 is 10.6 Å². The van der Waals surface area contributed by atoms with Crippen molar-refractivity contribution >= 4 is 21.7 Å². The van der Waals surface area contributed by atoms with Gasteiger partial charge in [0.25, 0.3) is 0 Å². The standard InChI is InChI=1S/C9H12BrN3/c1-6-2-7(10)3-12-9(6)13-4-8(11)5-13/h2-3,8H,4-5,11H2,1H3. The van der Waals surface area contributed by atoms with E-state index >= 15 is 0 Å². The fourth-order valence-corrected chi connectivity index (χ4v) is 2.00. The maximum Gasteiger partial charge on any atom is 0.131 e. The Morgan fingerprint density at radius 1 is 1.62 bits per heavy atom. The summed E-state index contributed by atoms with van der Waals surface area (Å²) >= 11 is 3.39. The van der Waals surface area contributed by atoms with Gasteiger partial charge in [-0.1, -0.05) is 0 Å². The molecule has 0 radical (unpaired) electrons. The first-order chi connectivity index (χ1) is 6.16. The fraction of sp³-hybridized carbons (Fsp3) is 0.444. The molecule has 1 aromatic heterocycles. The molecule has 0 atom stereocenters. The molecule has 2 heterocycles. The molecule has 0 unspecified atom stereocenters. The normalized spacial score (nSPS) is 17.3. The molecule has 2 rings (SSSR count).